The van der Waals surface area contributed by atoms with Crippen molar-refractivity contribution in [2.75, 3.05) is 11.9 Å². The smallest absolute Gasteiger partial charge is 0.243 e. The number of amides is 1. The maximum atomic E-state index is 12.8. The lowest BCUT2D eigenvalue weighted by Gasteiger charge is -2.07. The Morgan fingerprint density at radius 2 is 2.47 bits per heavy atom. The minimum atomic E-state index is -0.933. The first kappa shape index (κ1) is 10.4. The van der Waals surface area contributed by atoms with Gasteiger partial charge in [0, 0.05) is 13.0 Å². The fourth-order valence-corrected chi connectivity index (χ4v) is 2.03. The van der Waals surface area contributed by atoms with Crippen LogP contribution in [0, 0.1) is 6.92 Å². The van der Waals surface area contributed by atoms with Gasteiger partial charge >= 0.3 is 0 Å². The standard InChI is InChI=1S/C8H11FN4OS/c1-4-12-13-8(15-4)11-7(14)6-2-5(9)3-10-6/h5-6,10H,2-3H2,1H3,(H,11,13,14)/t5-,6+/m0/s1. The average Bonchev–Trinajstić information content (AvgIpc) is 2.75. The van der Waals surface area contributed by atoms with Crippen LogP contribution < -0.4 is 10.6 Å². The van der Waals surface area contributed by atoms with E-state index >= 15 is 0 Å². The van der Waals surface area contributed by atoms with Crippen molar-refractivity contribution in [3.63, 3.8) is 0 Å². The lowest BCUT2D eigenvalue weighted by Crippen LogP contribution is -2.35. The van der Waals surface area contributed by atoms with Crippen molar-refractivity contribution in [1.29, 1.82) is 0 Å². The molecule has 2 N–H and O–H groups in total. The molecule has 82 valence electrons. The third kappa shape index (κ3) is 2.48. The molecule has 1 aromatic heterocycles. The fraction of sp³-hybridized carbons (Fsp3) is 0.625. The zero-order valence-electron chi connectivity index (χ0n) is 8.16. The molecule has 0 unspecified atom stereocenters. The van der Waals surface area contributed by atoms with Crippen LogP contribution in [0.25, 0.3) is 0 Å². The first-order chi connectivity index (χ1) is 7.15. The number of rotatable bonds is 2. The van der Waals surface area contributed by atoms with Gasteiger partial charge in [0.05, 0.1) is 6.04 Å². The topological polar surface area (TPSA) is 66.9 Å². The molecule has 0 radical (unpaired) electrons. The van der Waals surface area contributed by atoms with Crippen LogP contribution in [0.4, 0.5) is 9.52 Å². The highest BCUT2D eigenvalue weighted by Crippen LogP contribution is 2.16. The number of hydrogen-bond donors (Lipinski definition) is 2. The average molecular weight is 230 g/mol. The number of alkyl halides is 1. The molecule has 2 atom stereocenters. The van der Waals surface area contributed by atoms with Crippen molar-refractivity contribution < 1.29 is 9.18 Å². The molecular weight excluding hydrogens is 219 g/mol. The Morgan fingerprint density at radius 1 is 1.67 bits per heavy atom. The largest absolute Gasteiger partial charge is 0.303 e. The summed E-state index contributed by atoms with van der Waals surface area (Å²) in [6.45, 7) is 2.05. The number of nitrogens with zero attached hydrogens (tertiary/aromatic N) is 2. The summed E-state index contributed by atoms with van der Waals surface area (Å²) in [5.74, 6) is -0.244. The normalized spacial score (nSPS) is 25.5. The van der Waals surface area contributed by atoms with Crippen molar-refractivity contribution in [1.82, 2.24) is 15.5 Å². The Hall–Kier alpha value is -1.08. The molecular formula is C8H11FN4OS. The molecule has 15 heavy (non-hydrogen) atoms. The van der Waals surface area contributed by atoms with Crippen molar-refractivity contribution in [3.8, 4) is 0 Å². The highest BCUT2D eigenvalue weighted by atomic mass is 32.1. The van der Waals surface area contributed by atoms with Crippen LogP contribution >= 0.6 is 11.3 Å². The van der Waals surface area contributed by atoms with E-state index < -0.39 is 12.2 Å². The molecule has 1 amide bonds. The molecule has 0 saturated carbocycles. The van der Waals surface area contributed by atoms with E-state index in [1.165, 1.54) is 11.3 Å². The molecule has 1 aliphatic rings. The van der Waals surface area contributed by atoms with Crippen LogP contribution in [0.5, 0.6) is 0 Å². The number of carbonyl (C=O) groups is 1. The summed E-state index contributed by atoms with van der Waals surface area (Å²) >= 11 is 1.30. The van der Waals surface area contributed by atoms with E-state index in [1.807, 2.05) is 0 Å². The van der Waals surface area contributed by atoms with Crippen LogP contribution in [0.3, 0.4) is 0 Å². The molecule has 5 nitrogen and oxygen atoms in total. The summed E-state index contributed by atoms with van der Waals surface area (Å²) in [4.78, 5) is 11.6. The molecule has 1 aromatic rings. The Morgan fingerprint density at radius 3 is 3.00 bits per heavy atom. The van der Waals surface area contributed by atoms with Crippen molar-refractivity contribution in [2.45, 2.75) is 25.6 Å². The van der Waals surface area contributed by atoms with Crippen LogP contribution in [-0.2, 0) is 4.79 Å². The third-order valence-corrected chi connectivity index (χ3v) is 2.90. The number of carbonyl (C=O) groups excluding carboxylic acids is 1. The van der Waals surface area contributed by atoms with Gasteiger partial charge in [-0.25, -0.2) is 4.39 Å². The SMILES string of the molecule is Cc1nnc(NC(=O)[C@H]2C[C@H](F)CN2)s1. The Labute approximate surface area is 90.1 Å². The van der Waals surface area contributed by atoms with E-state index in [0.717, 1.165) is 5.01 Å². The van der Waals surface area contributed by atoms with Gasteiger partial charge in [0.2, 0.25) is 11.0 Å². The second kappa shape index (κ2) is 4.19. The van der Waals surface area contributed by atoms with Gasteiger partial charge in [0.15, 0.2) is 0 Å². The molecule has 1 aliphatic heterocycles. The molecule has 7 heteroatoms. The van der Waals surface area contributed by atoms with Gasteiger partial charge in [-0.2, -0.15) is 0 Å². The van der Waals surface area contributed by atoms with E-state index in [-0.39, 0.29) is 18.9 Å². The van der Waals surface area contributed by atoms with Gasteiger partial charge in [-0.3, -0.25) is 10.1 Å². The van der Waals surface area contributed by atoms with Crippen molar-refractivity contribution in [3.05, 3.63) is 5.01 Å². The number of hydrogen-bond acceptors (Lipinski definition) is 5. The minimum absolute atomic E-state index is 0.226. The Balaban J connectivity index is 1.92. The van der Waals surface area contributed by atoms with Crippen LogP contribution in [-0.4, -0.2) is 34.9 Å². The highest BCUT2D eigenvalue weighted by Gasteiger charge is 2.29. The summed E-state index contributed by atoms with van der Waals surface area (Å²) in [6.07, 6.45) is -0.708. The molecule has 2 rings (SSSR count). The predicted octanol–water partition coefficient (Wildman–Crippen LogP) is 0.485. The lowest BCUT2D eigenvalue weighted by molar-refractivity contribution is -0.117. The number of aromatic nitrogens is 2. The van der Waals surface area contributed by atoms with Gasteiger partial charge in [-0.15, -0.1) is 10.2 Å². The predicted molar refractivity (Wildman–Crippen MR) is 54.6 cm³/mol. The van der Waals surface area contributed by atoms with Gasteiger partial charge in [-0.1, -0.05) is 11.3 Å². The number of halogens is 1. The zero-order valence-corrected chi connectivity index (χ0v) is 8.97. The first-order valence-corrected chi connectivity index (χ1v) is 5.45. The van der Waals surface area contributed by atoms with Gasteiger partial charge in [0.1, 0.15) is 11.2 Å². The summed E-state index contributed by atoms with van der Waals surface area (Å²) in [7, 11) is 0. The van der Waals surface area contributed by atoms with E-state index in [4.69, 9.17) is 0 Å². The second-order valence-electron chi connectivity index (χ2n) is 3.41. The molecule has 0 aliphatic carbocycles. The monoisotopic (exact) mass is 230 g/mol. The number of anilines is 1. The van der Waals surface area contributed by atoms with Gasteiger partial charge < -0.3 is 5.32 Å². The van der Waals surface area contributed by atoms with Crippen LogP contribution in [0.2, 0.25) is 0 Å². The molecule has 0 aromatic carbocycles. The summed E-state index contributed by atoms with van der Waals surface area (Å²) in [5.41, 5.74) is 0. The summed E-state index contributed by atoms with van der Waals surface area (Å²) < 4.78 is 12.8. The minimum Gasteiger partial charge on any atom is -0.303 e. The first-order valence-electron chi connectivity index (χ1n) is 4.63. The Kier molecular flexibility index (Phi) is 2.92. The quantitative estimate of drug-likeness (QED) is 0.775. The van der Waals surface area contributed by atoms with Gasteiger partial charge in [-0.05, 0) is 6.92 Å². The molecule has 0 bridgehead atoms. The number of aryl methyl sites for hydroxylation is 1. The lowest BCUT2D eigenvalue weighted by atomic mass is 10.2. The molecule has 1 fully saturated rings. The van der Waals surface area contributed by atoms with Crippen LogP contribution in [0.1, 0.15) is 11.4 Å². The summed E-state index contributed by atoms with van der Waals surface area (Å²) in [5, 5.41) is 14.2. The van der Waals surface area contributed by atoms with E-state index in [9.17, 15) is 9.18 Å². The van der Waals surface area contributed by atoms with Crippen molar-refractivity contribution >= 4 is 22.4 Å². The third-order valence-electron chi connectivity index (χ3n) is 2.15. The van der Waals surface area contributed by atoms with E-state index in [1.54, 1.807) is 6.92 Å². The highest BCUT2D eigenvalue weighted by molar-refractivity contribution is 7.15. The Bertz CT molecular complexity index is 369. The number of nitrogens with one attached hydrogen (secondary N) is 2. The maximum absolute atomic E-state index is 12.8. The fourth-order valence-electron chi connectivity index (χ4n) is 1.43. The van der Waals surface area contributed by atoms with Gasteiger partial charge in [0.25, 0.3) is 0 Å². The maximum Gasteiger partial charge on any atom is 0.243 e. The molecule has 1 saturated heterocycles. The van der Waals surface area contributed by atoms with E-state index in [0.29, 0.717) is 5.13 Å². The molecule has 0 spiro atoms. The molecule has 2 heterocycles. The zero-order chi connectivity index (χ0) is 10.8. The van der Waals surface area contributed by atoms with Crippen molar-refractivity contribution in [2.24, 2.45) is 0 Å². The second-order valence-corrected chi connectivity index (χ2v) is 4.59. The van der Waals surface area contributed by atoms with E-state index in [2.05, 4.69) is 20.8 Å². The summed E-state index contributed by atoms with van der Waals surface area (Å²) in [6, 6.07) is -0.454. The van der Waals surface area contributed by atoms with Crippen LogP contribution in [0.15, 0.2) is 0 Å².